The van der Waals surface area contributed by atoms with E-state index in [1.807, 2.05) is 30.3 Å². The van der Waals surface area contributed by atoms with Crippen LogP contribution in [-0.4, -0.2) is 34.2 Å². The lowest BCUT2D eigenvalue weighted by molar-refractivity contribution is 0.102. The molecule has 0 atom stereocenters. The molecule has 0 fully saturated rings. The standard InChI is InChI=1S/C25H26N4O3S2/c1-15(2)21-20(16-8-5-4-6-9-16)27-24(34-21)28-22(30)17-10-11-18-19(14-17)26-25(33)29(23(18)31)12-7-13-32-3/h4-6,8-11,14-15H,7,12-13H2,1-3H3,(H,26,33)(H,27,28,30). The molecule has 0 bridgehead atoms. The van der Waals surface area contributed by atoms with Crippen molar-refractivity contribution >= 4 is 45.5 Å². The fourth-order valence-corrected chi connectivity index (χ4v) is 4.98. The van der Waals surface area contributed by atoms with Gasteiger partial charge in [0, 0.05) is 36.3 Å². The van der Waals surface area contributed by atoms with Crippen LogP contribution in [0.2, 0.25) is 0 Å². The SMILES string of the molecule is COCCCn1c(=S)[nH]c2cc(C(=O)Nc3nc(-c4ccccc4)c(C(C)C)s3)ccc2c1=O. The fraction of sp³-hybridized carbons (Fsp3) is 0.280. The number of anilines is 1. The summed E-state index contributed by atoms with van der Waals surface area (Å²) in [7, 11) is 1.62. The lowest BCUT2D eigenvalue weighted by atomic mass is 10.1. The topological polar surface area (TPSA) is 89.0 Å². The van der Waals surface area contributed by atoms with Gasteiger partial charge in [-0.25, -0.2) is 4.98 Å². The van der Waals surface area contributed by atoms with E-state index in [0.29, 0.717) is 45.9 Å². The number of ether oxygens (including phenoxy) is 1. The molecule has 9 heteroatoms. The number of nitrogens with zero attached hydrogens (tertiary/aromatic N) is 2. The van der Waals surface area contributed by atoms with Crippen LogP contribution in [0.3, 0.4) is 0 Å². The Hall–Kier alpha value is -3.14. The highest BCUT2D eigenvalue weighted by Gasteiger charge is 2.18. The number of carbonyl (C=O) groups is 1. The van der Waals surface area contributed by atoms with Gasteiger partial charge >= 0.3 is 0 Å². The molecule has 34 heavy (non-hydrogen) atoms. The van der Waals surface area contributed by atoms with Gasteiger partial charge in [-0.3, -0.25) is 19.5 Å². The van der Waals surface area contributed by atoms with Crippen LogP contribution in [0.25, 0.3) is 22.2 Å². The molecule has 2 aromatic carbocycles. The minimum atomic E-state index is -0.297. The van der Waals surface area contributed by atoms with Crippen LogP contribution in [-0.2, 0) is 11.3 Å². The van der Waals surface area contributed by atoms with Crippen LogP contribution >= 0.6 is 23.6 Å². The number of nitrogens with one attached hydrogen (secondary N) is 2. The molecule has 7 nitrogen and oxygen atoms in total. The lowest BCUT2D eigenvalue weighted by Crippen LogP contribution is -2.23. The molecule has 0 aliphatic heterocycles. The van der Waals surface area contributed by atoms with Gasteiger partial charge in [-0.2, -0.15) is 0 Å². The van der Waals surface area contributed by atoms with Gasteiger partial charge in [-0.1, -0.05) is 44.2 Å². The second kappa shape index (κ2) is 10.4. The number of H-pyrrole nitrogens is 1. The third-order valence-electron chi connectivity index (χ3n) is 5.42. The van der Waals surface area contributed by atoms with E-state index in [9.17, 15) is 9.59 Å². The fourth-order valence-electron chi connectivity index (χ4n) is 3.71. The molecule has 0 saturated heterocycles. The Bertz CT molecular complexity index is 1440. The summed E-state index contributed by atoms with van der Waals surface area (Å²) in [5.74, 6) is -0.0284. The Labute approximate surface area is 206 Å². The van der Waals surface area contributed by atoms with E-state index in [4.69, 9.17) is 21.9 Å². The van der Waals surface area contributed by atoms with Crippen LogP contribution in [0.1, 0.15) is 41.4 Å². The zero-order chi connectivity index (χ0) is 24.2. The Kier molecular flexibility index (Phi) is 7.35. The van der Waals surface area contributed by atoms with E-state index in [2.05, 4.69) is 24.1 Å². The van der Waals surface area contributed by atoms with Gasteiger partial charge in [0.25, 0.3) is 11.5 Å². The Morgan fingerprint density at radius 1 is 1.24 bits per heavy atom. The third kappa shape index (κ3) is 5.01. The molecule has 0 aliphatic rings. The Morgan fingerprint density at radius 2 is 2.00 bits per heavy atom. The number of methoxy groups -OCH3 is 1. The summed E-state index contributed by atoms with van der Waals surface area (Å²) in [5.41, 5.74) is 2.65. The van der Waals surface area contributed by atoms with Gasteiger partial charge in [0.1, 0.15) is 0 Å². The molecule has 176 valence electrons. The number of benzene rings is 2. The van der Waals surface area contributed by atoms with Crippen LogP contribution in [0, 0.1) is 4.77 Å². The van der Waals surface area contributed by atoms with Crippen molar-refractivity contribution in [3.63, 3.8) is 0 Å². The van der Waals surface area contributed by atoms with Crippen molar-refractivity contribution in [3.8, 4) is 11.3 Å². The number of carbonyl (C=O) groups excluding carboxylic acids is 1. The first-order valence-corrected chi connectivity index (χ1v) is 12.2. The number of amides is 1. The number of hydrogen-bond donors (Lipinski definition) is 2. The molecule has 4 rings (SSSR count). The van der Waals surface area contributed by atoms with Gasteiger partial charge in [-0.05, 0) is 42.8 Å². The molecular formula is C25H26N4O3S2. The van der Waals surface area contributed by atoms with Gasteiger partial charge in [-0.15, -0.1) is 11.3 Å². The molecular weight excluding hydrogens is 468 g/mol. The van der Waals surface area contributed by atoms with Crippen LogP contribution in [0.15, 0.2) is 53.3 Å². The average molecular weight is 495 g/mol. The van der Waals surface area contributed by atoms with Gasteiger partial charge in [0.05, 0.1) is 16.6 Å². The Balaban J connectivity index is 1.62. The van der Waals surface area contributed by atoms with Crippen molar-refractivity contribution in [2.45, 2.75) is 32.7 Å². The Morgan fingerprint density at radius 3 is 2.71 bits per heavy atom. The molecule has 2 aromatic heterocycles. The summed E-state index contributed by atoms with van der Waals surface area (Å²) in [4.78, 5) is 34.8. The van der Waals surface area contributed by atoms with E-state index < -0.39 is 0 Å². The molecule has 1 amide bonds. The maximum atomic E-state index is 13.0. The number of hydrogen-bond acceptors (Lipinski definition) is 6. The van der Waals surface area contributed by atoms with Gasteiger partial charge < -0.3 is 9.72 Å². The van der Waals surface area contributed by atoms with Crippen molar-refractivity contribution in [1.29, 1.82) is 0 Å². The summed E-state index contributed by atoms with van der Waals surface area (Å²) in [5, 5.41) is 3.93. The lowest BCUT2D eigenvalue weighted by Gasteiger charge is -2.09. The third-order valence-corrected chi connectivity index (χ3v) is 7.01. The molecule has 0 saturated carbocycles. The summed E-state index contributed by atoms with van der Waals surface area (Å²) in [6, 6.07) is 14.9. The first-order chi connectivity index (χ1) is 16.4. The van der Waals surface area contributed by atoms with Crippen molar-refractivity contribution in [1.82, 2.24) is 14.5 Å². The number of aromatic nitrogens is 3. The van der Waals surface area contributed by atoms with Gasteiger partial charge in [0.15, 0.2) is 9.90 Å². The quantitative estimate of drug-likeness (QED) is 0.246. The monoisotopic (exact) mass is 494 g/mol. The molecule has 0 unspecified atom stereocenters. The minimum Gasteiger partial charge on any atom is -0.385 e. The van der Waals surface area contributed by atoms with Crippen molar-refractivity contribution in [2.75, 3.05) is 19.0 Å². The predicted octanol–water partition coefficient (Wildman–Crippen LogP) is 5.59. The zero-order valence-corrected chi connectivity index (χ0v) is 20.9. The van der Waals surface area contributed by atoms with Crippen LogP contribution < -0.4 is 10.9 Å². The molecule has 2 N–H and O–H groups in total. The van der Waals surface area contributed by atoms with Crippen molar-refractivity contribution < 1.29 is 9.53 Å². The summed E-state index contributed by atoms with van der Waals surface area (Å²) in [6.07, 6.45) is 0.678. The largest absolute Gasteiger partial charge is 0.385 e. The zero-order valence-electron chi connectivity index (χ0n) is 19.3. The second-order valence-electron chi connectivity index (χ2n) is 8.20. The first-order valence-electron chi connectivity index (χ1n) is 11.0. The van der Waals surface area contributed by atoms with Crippen molar-refractivity contribution in [3.05, 3.63) is 74.1 Å². The van der Waals surface area contributed by atoms with Gasteiger partial charge in [0.2, 0.25) is 0 Å². The summed E-state index contributed by atoms with van der Waals surface area (Å²) in [6.45, 7) is 5.23. The van der Waals surface area contributed by atoms with E-state index in [1.54, 1.807) is 25.3 Å². The van der Waals surface area contributed by atoms with E-state index in [0.717, 1.165) is 16.1 Å². The summed E-state index contributed by atoms with van der Waals surface area (Å²) < 4.78 is 6.90. The molecule has 4 aromatic rings. The predicted molar refractivity (Wildman–Crippen MR) is 139 cm³/mol. The van der Waals surface area contributed by atoms with Crippen LogP contribution in [0.4, 0.5) is 5.13 Å². The number of aromatic amines is 1. The van der Waals surface area contributed by atoms with E-state index in [-0.39, 0.29) is 17.4 Å². The smallest absolute Gasteiger partial charge is 0.262 e. The first kappa shape index (κ1) is 24.0. The number of fused-ring (bicyclic) bond motifs is 1. The average Bonchev–Trinajstić information content (AvgIpc) is 3.25. The minimum absolute atomic E-state index is 0.184. The highest BCUT2D eigenvalue weighted by atomic mass is 32.1. The number of thiazole rings is 1. The molecule has 0 radical (unpaired) electrons. The number of rotatable bonds is 8. The second-order valence-corrected chi connectivity index (χ2v) is 9.62. The van der Waals surface area contributed by atoms with Crippen LogP contribution in [0.5, 0.6) is 0 Å². The normalized spacial score (nSPS) is 11.3. The molecule has 0 spiro atoms. The molecule has 0 aliphatic carbocycles. The van der Waals surface area contributed by atoms with E-state index in [1.165, 1.54) is 15.9 Å². The molecule has 2 heterocycles. The van der Waals surface area contributed by atoms with Crippen molar-refractivity contribution in [2.24, 2.45) is 0 Å². The highest BCUT2D eigenvalue weighted by Crippen LogP contribution is 2.36. The summed E-state index contributed by atoms with van der Waals surface area (Å²) >= 11 is 6.85. The highest BCUT2D eigenvalue weighted by molar-refractivity contribution is 7.71. The maximum absolute atomic E-state index is 13.0. The maximum Gasteiger partial charge on any atom is 0.262 e. The van der Waals surface area contributed by atoms with E-state index >= 15 is 0 Å².